The average molecular weight is 512 g/mol. The average Bonchev–Trinajstić information content (AvgIpc) is 3.24. The largest absolute Gasteiger partial charge is 0.507 e. The Morgan fingerprint density at radius 3 is 2.64 bits per heavy atom. The quantitative estimate of drug-likeness (QED) is 0.498. The van der Waals surface area contributed by atoms with Gasteiger partial charge in [-0.15, -0.1) is 0 Å². The topological polar surface area (TPSA) is 82.8 Å². The highest BCUT2D eigenvalue weighted by atomic mass is 79.9. The van der Waals surface area contributed by atoms with E-state index in [4.69, 9.17) is 4.98 Å². The number of nitrogens with zero attached hydrogens (tertiary/aromatic N) is 4. The van der Waals surface area contributed by atoms with Crippen LogP contribution in [0.3, 0.4) is 0 Å². The van der Waals surface area contributed by atoms with Crippen LogP contribution in [-0.4, -0.2) is 50.1 Å². The minimum atomic E-state index is 0.200. The summed E-state index contributed by atoms with van der Waals surface area (Å²) in [6.45, 7) is 2.51. The summed E-state index contributed by atoms with van der Waals surface area (Å²) < 4.78 is 2.59. The molecule has 3 aromatic rings. The number of hydrogen-bond acceptors (Lipinski definition) is 5. The molecule has 1 amide bonds. The third-order valence-corrected chi connectivity index (χ3v) is 7.62. The van der Waals surface area contributed by atoms with E-state index in [1.165, 1.54) is 19.3 Å². The zero-order valence-electron chi connectivity index (χ0n) is 18.7. The molecule has 7 nitrogen and oxygen atoms in total. The molecular formula is C25H30BrN5O2. The van der Waals surface area contributed by atoms with Gasteiger partial charge in [-0.3, -0.25) is 4.79 Å². The number of carbonyl (C=O) groups excluding carboxylic acids is 1. The molecule has 2 fully saturated rings. The van der Waals surface area contributed by atoms with Gasteiger partial charge in [0.25, 0.3) is 0 Å². The molecule has 0 radical (unpaired) electrons. The third kappa shape index (κ3) is 4.71. The molecule has 8 heteroatoms. The summed E-state index contributed by atoms with van der Waals surface area (Å²) in [5.74, 6) is 2.17. The number of aromatic hydroxyl groups is 1. The molecule has 3 heterocycles. The number of halogens is 1. The summed E-state index contributed by atoms with van der Waals surface area (Å²) in [4.78, 5) is 19.7. The van der Waals surface area contributed by atoms with Crippen LogP contribution in [-0.2, 0) is 4.79 Å². The fraction of sp³-hybridized carbons (Fsp3) is 0.480. The van der Waals surface area contributed by atoms with Crippen LogP contribution in [0.4, 0.5) is 5.82 Å². The molecule has 1 aliphatic heterocycles. The van der Waals surface area contributed by atoms with Gasteiger partial charge in [0.05, 0.1) is 16.4 Å². The number of hydrogen-bond donors (Lipinski definition) is 2. The highest BCUT2D eigenvalue weighted by Gasteiger charge is 2.29. The van der Waals surface area contributed by atoms with E-state index in [1.54, 1.807) is 22.8 Å². The first kappa shape index (κ1) is 22.2. The lowest BCUT2D eigenvalue weighted by atomic mass is 9.87. The molecule has 1 aromatic carbocycles. The first-order valence-corrected chi connectivity index (χ1v) is 12.7. The van der Waals surface area contributed by atoms with Crippen molar-refractivity contribution >= 4 is 33.3 Å². The summed E-state index contributed by atoms with van der Waals surface area (Å²) in [7, 11) is 0. The number of phenolic OH excluding ortho intramolecular Hbond substituents is 1. The number of likely N-dealkylation sites (tertiary alicyclic amines) is 1. The van der Waals surface area contributed by atoms with Crippen LogP contribution in [0.5, 0.6) is 5.75 Å². The van der Waals surface area contributed by atoms with Gasteiger partial charge in [0, 0.05) is 37.2 Å². The monoisotopic (exact) mass is 511 g/mol. The molecule has 1 aliphatic carbocycles. The summed E-state index contributed by atoms with van der Waals surface area (Å²) >= 11 is 3.53. The minimum Gasteiger partial charge on any atom is -0.507 e. The van der Waals surface area contributed by atoms with Crippen molar-refractivity contribution in [1.82, 2.24) is 19.5 Å². The van der Waals surface area contributed by atoms with Crippen molar-refractivity contribution in [3.63, 3.8) is 0 Å². The van der Waals surface area contributed by atoms with Gasteiger partial charge in [-0.2, -0.15) is 9.61 Å². The number of nitrogens with one attached hydrogen (secondary N) is 1. The van der Waals surface area contributed by atoms with Crippen molar-refractivity contribution in [2.75, 3.05) is 25.0 Å². The Labute approximate surface area is 202 Å². The van der Waals surface area contributed by atoms with E-state index in [2.05, 4.69) is 31.2 Å². The molecule has 1 saturated carbocycles. The van der Waals surface area contributed by atoms with Crippen molar-refractivity contribution in [2.45, 2.75) is 44.9 Å². The van der Waals surface area contributed by atoms with E-state index in [1.807, 2.05) is 18.2 Å². The van der Waals surface area contributed by atoms with Gasteiger partial charge in [0.1, 0.15) is 11.6 Å². The fourth-order valence-corrected chi connectivity index (χ4v) is 5.45. The fourth-order valence-electron chi connectivity index (χ4n) is 5.10. The molecule has 2 aromatic heterocycles. The third-order valence-electron chi connectivity index (χ3n) is 7.06. The Kier molecular flexibility index (Phi) is 6.53. The number of piperidine rings is 1. The Morgan fingerprint density at radius 1 is 1.12 bits per heavy atom. The lowest BCUT2D eigenvalue weighted by Gasteiger charge is -2.35. The highest BCUT2D eigenvalue weighted by Crippen LogP contribution is 2.32. The number of fused-ring (bicyclic) bond motifs is 1. The van der Waals surface area contributed by atoms with Gasteiger partial charge in [-0.25, -0.2) is 4.98 Å². The minimum absolute atomic E-state index is 0.200. The number of phenols is 1. The number of amides is 1. The summed E-state index contributed by atoms with van der Waals surface area (Å²) in [6.07, 6.45) is 9.56. The van der Waals surface area contributed by atoms with Crippen LogP contribution in [0.15, 0.2) is 41.0 Å². The normalized spacial score (nSPS) is 18.0. The van der Waals surface area contributed by atoms with Gasteiger partial charge in [-0.05, 0) is 59.7 Å². The van der Waals surface area contributed by atoms with Gasteiger partial charge >= 0.3 is 0 Å². The Hall–Kier alpha value is -2.61. The Balaban J connectivity index is 1.26. The molecule has 0 bridgehead atoms. The first-order chi connectivity index (χ1) is 16.1. The van der Waals surface area contributed by atoms with E-state index in [9.17, 15) is 9.90 Å². The van der Waals surface area contributed by atoms with E-state index >= 15 is 0 Å². The van der Waals surface area contributed by atoms with Gasteiger partial charge in [0.2, 0.25) is 5.91 Å². The van der Waals surface area contributed by atoms with Gasteiger partial charge in [-0.1, -0.05) is 31.4 Å². The van der Waals surface area contributed by atoms with Crippen molar-refractivity contribution in [2.24, 2.45) is 11.8 Å². The highest BCUT2D eigenvalue weighted by molar-refractivity contribution is 9.10. The van der Waals surface area contributed by atoms with Crippen LogP contribution in [0, 0.1) is 11.8 Å². The summed E-state index contributed by atoms with van der Waals surface area (Å²) in [5.41, 5.74) is 2.08. The van der Waals surface area contributed by atoms with E-state index in [-0.39, 0.29) is 11.7 Å². The predicted molar refractivity (Wildman–Crippen MR) is 132 cm³/mol. The van der Waals surface area contributed by atoms with E-state index in [0.29, 0.717) is 28.7 Å². The molecule has 2 aliphatic rings. The second kappa shape index (κ2) is 9.71. The lowest BCUT2D eigenvalue weighted by Crippen LogP contribution is -2.43. The number of aromatic nitrogens is 3. The number of carbonyl (C=O) groups is 1. The van der Waals surface area contributed by atoms with Crippen molar-refractivity contribution < 1.29 is 9.90 Å². The van der Waals surface area contributed by atoms with Crippen molar-refractivity contribution in [1.29, 1.82) is 0 Å². The second-order valence-electron chi connectivity index (χ2n) is 9.26. The molecule has 0 unspecified atom stereocenters. The van der Waals surface area contributed by atoms with Crippen LogP contribution >= 0.6 is 15.9 Å². The van der Waals surface area contributed by atoms with Crippen LogP contribution < -0.4 is 5.32 Å². The smallest absolute Gasteiger partial charge is 0.225 e. The molecule has 0 atom stereocenters. The van der Waals surface area contributed by atoms with E-state index in [0.717, 1.165) is 55.6 Å². The van der Waals surface area contributed by atoms with E-state index < -0.39 is 0 Å². The van der Waals surface area contributed by atoms with Crippen LogP contribution in [0.25, 0.3) is 16.9 Å². The maximum atomic E-state index is 12.9. The molecular weight excluding hydrogens is 482 g/mol. The molecule has 174 valence electrons. The number of anilines is 1. The molecule has 0 spiro atoms. The first-order valence-electron chi connectivity index (χ1n) is 12.0. The molecule has 33 heavy (non-hydrogen) atoms. The Bertz CT molecular complexity index is 1130. The van der Waals surface area contributed by atoms with Crippen molar-refractivity contribution in [3.05, 3.63) is 41.0 Å². The summed E-state index contributed by atoms with van der Waals surface area (Å²) in [6, 6.07) is 9.16. The SMILES string of the molecule is O=C(C1CCCCC1)N1CCC(CNc2cc(-c3ccccc3O)nc3c(Br)cnn23)CC1. The number of benzene rings is 1. The second-order valence-corrected chi connectivity index (χ2v) is 10.1. The maximum absolute atomic E-state index is 12.9. The number of para-hydroxylation sites is 1. The molecule has 1 saturated heterocycles. The maximum Gasteiger partial charge on any atom is 0.225 e. The van der Waals surface area contributed by atoms with Crippen LogP contribution in [0.1, 0.15) is 44.9 Å². The Morgan fingerprint density at radius 2 is 1.88 bits per heavy atom. The molecule has 2 N–H and O–H groups in total. The van der Waals surface area contributed by atoms with Gasteiger partial charge in [0.15, 0.2) is 5.65 Å². The summed E-state index contributed by atoms with van der Waals surface area (Å²) in [5, 5.41) is 18.3. The molecule has 5 rings (SSSR count). The zero-order chi connectivity index (χ0) is 22.8. The van der Waals surface area contributed by atoms with Crippen molar-refractivity contribution in [3.8, 4) is 17.0 Å². The van der Waals surface area contributed by atoms with Crippen LogP contribution in [0.2, 0.25) is 0 Å². The standard InChI is InChI=1S/C25H30BrN5O2/c26-20-16-28-31-23(14-21(29-24(20)31)19-8-4-5-9-22(19)32)27-15-17-10-12-30(13-11-17)25(33)18-6-2-1-3-7-18/h4-5,8-9,14,16-18,27,32H,1-3,6-7,10-13,15H2. The predicted octanol–water partition coefficient (Wildman–Crippen LogP) is 5.10. The van der Waals surface area contributed by atoms with Gasteiger partial charge < -0.3 is 15.3 Å². The lowest BCUT2D eigenvalue weighted by molar-refractivity contribution is -0.137. The number of rotatable bonds is 5. The zero-order valence-corrected chi connectivity index (χ0v) is 20.3.